The summed E-state index contributed by atoms with van der Waals surface area (Å²) in [6.45, 7) is 10.9. The third-order valence-corrected chi connectivity index (χ3v) is 10.3. The van der Waals surface area contributed by atoms with E-state index in [0.717, 1.165) is 49.7 Å². The van der Waals surface area contributed by atoms with Crippen LogP contribution >= 0.6 is 0 Å². The molecular weight excluding hydrogens is 682 g/mol. The molecule has 7 heterocycles. The van der Waals surface area contributed by atoms with Crippen LogP contribution in [0.3, 0.4) is 0 Å². The highest BCUT2D eigenvalue weighted by molar-refractivity contribution is 5.59. The second-order valence-corrected chi connectivity index (χ2v) is 13.9. The summed E-state index contributed by atoms with van der Waals surface area (Å²) in [7, 11) is 0. The topological polar surface area (TPSA) is 133 Å². The van der Waals surface area contributed by atoms with Gasteiger partial charge in [-0.1, -0.05) is 23.2 Å². The molecule has 12 nitrogen and oxygen atoms in total. The van der Waals surface area contributed by atoms with E-state index in [0.29, 0.717) is 67.1 Å². The van der Waals surface area contributed by atoms with Gasteiger partial charge in [-0.2, -0.15) is 33.2 Å². The van der Waals surface area contributed by atoms with Crippen LogP contribution in [-0.2, 0) is 37.0 Å². The van der Waals surface area contributed by atoms with E-state index in [-0.39, 0.29) is 24.6 Å². The molecule has 8 rings (SSSR count). The van der Waals surface area contributed by atoms with Gasteiger partial charge in [0.1, 0.15) is 12.4 Å². The van der Waals surface area contributed by atoms with Gasteiger partial charge in [-0.25, -0.2) is 4.39 Å². The number of nitrogens with zero attached hydrogens (tertiary/aromatic N) is 8. The Balaban J connectivity index is 1.18. The van der Waals surface area contributed by atoms with Crippen LogP contribution in [0.5, 0.6) is 6.01 Å². The van der Waals surface area contributed by atoms with Crippen molar-refractivity contribution in [1.82, 2.24) is 34.8 Å². The smallest absolute Gasteiger partial charge is 0.418 e. The van der Waals surface area contributed by atoms with Crippen molar-refractivity contribution >= 4 is 11.5 Å². The molecule has 0 aliphatic carbocycles. The Bertz CT molecular complexity index is 2130. The molecule has 4 aliphatic heterocycles. The molecule has 2 fully saturated rings. The molecule has 0 spiro atoms. The number of fused-ring (bicyclic) bond motifs is 3. The fraction of sp³-hybridized carbons (Fsp3) is 0.472. The summed E-state index contributed by atoms with van der Waals surface area (Å²) in [5.74, 6) is 5.08. The average molecular weight is 720 g/mol. The molecule has 0 bridgehead atoms. The van der Waals surface area contributed by atoms with Gasteiger partial charge in [0, 0.05) is 42.7 Å². The molecule has 2 N–H and O–H groups in total. The van der Waals surface area contributed by atoms with Crippen molar-refractivity contribution in [2.24, 2.45) is 0 Å². The molecule has 0 saturated carbocycles. The summed E-state index contributed by atoms with van der Waals surface area (Å²) >= 11 is 0. The molecule has 52 heavy (non-hydrogen) atoms. The van der Waals surface area contributed by atoms with Crippen molar-refractivity contribution in [2.45, 2.75) is 83.5 Å². The van der Waals surface area contributed by atoms with Gasteiger partial charge in [-0.05, 0) is 58.2 Å². The quantitative estimate of drug-likeness (QED) is 0.117. The van der Waals surface area contributed by atoms with Crippen molar-refractivity contribution in [2.75, 3.05) is 36.9 Å². The van der Waals surface area contributed by atoms with E-state index in [1.165, 1.54) is 6.92 Å². The fourth-order valence-electron chi connectivity index (χ4n) is 8.08. The molecule has 272 valence electrons. The number of rotatable bonds is 6. The summed E-state index contributed by atoms with van der Waals surface area (Å²) in [6.07, 6.45) is -2.97. The van der Waals surface area contributed by atoms with Crippen LogP contribution in [-0.4, -0.2) is 66.6 Å². The highest BCUT2D eigenvalue weighted by Crippen LogP contribution is 2.45. The lowest BCUT2D eigenvalue weighted by Gasteiger charge is -2.33. The van der Waals surface area contributed by atoms with Gasteiger partial charge in [-0.15, -0.1) is 5.92 Å². The Morgan fingerprint density at radius 2 is 1.98 bits per heavy atom. The third kappa shape index (κ3) is 6.05. The molecule has 0 radical (unpaired) electrons. The lowest BCUT2D eigenvalue weighted by molar-refractivity contribution is -0.140. The molecule has 1 unspecified atom stereocenters. The van der Waals surface area contributed by atoms with Crippen LogP contribution in [0.15, 0.2) is 28.8 Å². The normalized spacial score (nSPS) is 21.7. The summed E-state index contributed by atoms with van der Waals surface area (Å²) in [4.78, 5) is 18.4. The second kappa shape index (κ2) is 12.9. The summed E-state index contributed by atoms with van der Waals surface area (Å²) in [5, 5.41) is 8.58. The van der Waals surface area contributed by atoms with Gasteiger partial charge in [0.05, 0.1) is 47.4 Å². The lowest BCUT2D eigenvalue weighted by atomic mass is 9.91. The predicted octanol–water partition coefficient (Wildman–Crippen LogP) is 5.54. The zero-order chi connectivity index (χ0) is 36.4. The van der Waals surface area contributed by atoms with Crippen molar-refractivity contribution < 1.29 is 31.6 Å². The van der Waals surface area contributed by atoms with Crippen LogP contribution in [0.25, 0.3) is 11.6 Å². The maximum absolute atomic E-state index is 15.7. The van der Waals surface area contributed by atoms with E-state index in [1.54, 1.807) is 6.92 Å². The Hall–Kier alpha value is -5.01. The van der Waals surface area contributed by atoms with Crippen molar-refractivity contribution in [1.29, 1.82) is 0 Å². The first-order valence-corrected chi connectivity index (χ1v) is 17.2. The number of halogens is 4. The Kier molecular flexibility index (Phi) is 8.45. The molecular formula is C36H37F4N9O3. The number of hydrogen-bond acceptors (Lipinski definition) is 11. The second-order valence-electron chi connectivity index (χ2n) is 13.9. The fourth-order valence-corrected chi connectivity index (χ4v) is 8.08. The molecule has 3 aromatic heterocycles. The summed E-state index contributed by atoms with van der Waals surface area (Å²) < 4.78 is 79.3. The first kappa shape index (κ1) is 34.1. The highest BCUT2D eigenvalue weighted by atomic mass is 19.4. The van der Waals surface area contributed by atoms with E-state index >= 15 is 4.39 Å². The number of nitrogens with two attached hydrogens (primary N) is 1. The van der Waals surface area contributed by atoms with Crippen molar-refractivity contribution in [3.8, 4) is 29.4 Å². The van der Waals surface area contributed by atoms with Gasteiger partial charge in [0.25, 0.3) is 5.89 Å². The zero-order valence-corrected chi connectivity index (χ0v) is 28.8. The van der Waals surface area contributed by atoms with E-state index in [9.17, 15) is 13.2 Å². The van der Waals surface area contributed by atoms with Gasteiger partial charge in [-0.3, -0.25) is 9.58 Å². The van der Waals surface area contributed by atoms with Gasteiger partial charge >= 0.3 is 12.2 Å². The molecule has 16 heteroatoms. The van der Waals surface area contributed by atoms with E-state index in [2.05, 4.69) is 38.4 Å². The monoisotopic (exact) mass is 719 g/mol. The van der Waals surface area contributed by atoms with Crippen LogP contribution in [0.4, 0.5) is 29.1 Å². The minimum Gasteiger partial charge on any atom is -0.461 e. The number of hydrogen-bond donors (Lipinski definition) is 1. The first-order chi connectivity index (χ1) is 24.9. The minimum atomic E-state index is -4.93. The van der Waals surface area contributed by atoms with E-state index in [1.807, 2.05) is 10.7 Å². The van der Waals surface area contributed by atoms with Crippen LogP contribution in [0.1, 0.15) is 78.2 Å². The molecule has 2 atom stereocenters. The van der Waals surface area contributed by atoms with E-state index in [4.69, 9.17) is 34.8 Å². The first-order valence-electron chi connectivity index (χ1n) is 17.2. The van der Waals surface area contributed by atoms with Crippen molar-refractivity contribution in [3.05, 3.63) is 69.6 Å². The number of alkyl halides is 3. The molecule has 2 saturated heterocycles. The standard InChI is InChI=1S/C36H37F4N9O3/c1-4-7-22-12-25(41)31(37)29(30(22)36(38,39)40)28-14-26-24(18-50-28)32(44-34(43-26)51-19-35-8-5-10-48(35)16-20(2)15-35)47-9-6-11-49-23(17-47)13-27(45-49)33-42-21(3)46-52-33/h12-13,28H,2,5-6,8-11,14-19,41H2,1,3H3/t28?,35-/m0/s1. The third-order valence-electron chi connectivity index (χ3n) is 10.3. The Morgan fingerprint density at radius 3 is 2.75 bits per heavy atom. The van der Waals surface area contributed by atoms with Crippen molar-refractivity contribution in [3.63, 3.8) is 0 Å². The van der Waals surface area contributed by atoms with Crippen LogP contribution in [0.2, 0.25) is 0 Å². The Morgan fingerprint density at radius 1 is 1.13 bits per heavy atom. The van der Waals surface area contributed by atoms with Crippen LogP contribution < -0.4 is 15.4 Å². The van der Waals surface area contributed by atoms with E-state index < -0.39 is 40.5 Å². The summed E-state index contributed by atoms with van der Waals surface area (Å²) in [6, 6.07) is 2.90. The molecule has 1 aromatic carbocycles. The predicted molar refractivity (Wildman–Crippen MR) is 180 cm³/mol. The number of nitrogen functional groups attached to an aromatic ring is 1. The summed E-state index contributed by atoms with van der Waals surface area (Å²) in [5.41, 5.74) is 6.49. The van der Waals surface area contributed by atoms with Gasteiger partial charge in [0.2, 0.25) is 0 Å². The number of ether oxygens (including phenoxy) is 2. The number of aromatic nitrogens is 6. The maximum Gasteiger partial charge on any atom is 0.418 e. The number of aryl methyl sites for hydroxylation is 2. The Labute approximate surface area is 297 Å². The average Bonchev–Trinajstić information content (AvgIpc) is 3.85. The van der Waals surface area contributed by atoms with Gasteiger partial charge < -0.3 is 24.6 Å². The number of anilines is 2. The largest absolute Gasteiger partial charge is 0.461 e. The molecule has 4 aromatic rings. The zero-order valence-electron chi connectivity index (χ0n) is 28.8. The maximum atomic E-state index is 15.7. The van der Waals surface area contributed by atoms with Crippen LogP contribution in [0, 0.1) is 24.6 Å². The molecule has 4 aliphatic rings. The minimum absolute atomic E-state index is 0.0922. The lowest BCUT2D eigenvalue weighted by Crippen LogP contribution is -2.43. The van der Waals surface area contributed by atoms with Gasteiger partial charge in [0.15, 0.2) is 17.3 Å². The molecule has 0 amide bonds. The highest BCUT2D eigenvalue weighted by Gasteiger charge is 2.47. The number of benzene rings is 1. The SMILES string of the molecule is C=C1CN2CCC[C@@]2(COc2nc3c(c(N4CCCn5nc(-c6nc(C)no6)cc5C4)n2)COC(c2c(F)c(N)cc(C#CC)c2C(F)(F)F)C3)C1.